The topological polar surface area (TPSA) is 3.24 Å². The molecule has 0 aliphatic carbocycles. The minimum Gasteiger partial charge on any atom is -0.367 e. The van der Waals surface area contributed by atoms with Crippen LogP contribution in [0.25, 0.3) is 0 Å². The second-order valence-corrected chi connectivity index (χ2v) is 6.09. The van der Waals surface area contributed by atoms with Gasteiger partial charge in [0.1, 0.15) is 0 Å². The zero-order valence-corrected chi connectivity index (χ0v) is 12.9. The lowest BCUT2D eigenvalue weighted by molar-refractivity contribution is -0.137. The van der Waals surface area contributed by atoms with Crippen LogP contribution in [0, 0.1) is 0 Å². The summed E-state index contributed by atoms with van der Waals surface area (Å²) in [5.41, 5.74) is 2.20. The number of fused-ring (bicyclic) bond motifs is 1. The number of hydrogen-bond donors (Lipinski definition) is 0. The Morgan fingerprint density at radius 2 is 1.73 bits per heavy atom. The molecule has 1 aliphatic rings. The first-order valence-electron chi connectivity index (χ1n) is 6.73. The number of anilines is 1. The predicted octanol–water partition coefficient (Wildman–Crippen LogP) is 5.57. The monoisotopic (exact) mass is 345 g/mol. The average molecular weight is 346 g/mol. The van der Waals surface area contributed by atoms with Crippen LogP contribution in [-0.2, 0) is 19.1 Å². The van der Waals surface area contributed by atoms with E-state index in [4.69, 9.17) is 23.2 Å². The molecule has 0 radical (unpaired) electrons. The smallest absolute Gasteiger partial charge is 0.367 e. The predicted molar refractivity (Wildman–Crippen MR) is 82.7 cm³/mol. The third kappa shape index (κ3) is 3.03. The molecule has 2 aromatic carbocycles. The fourth-order valence-electron chi connectivity index (χ4n) is 2.67. The summed E-state index contributed by atoms with van der Waals surface area (Å²) in [6, 6.07) is 9.60. The van der Waals surface area contributed by atoms with Crippen molar-refractivity contribution >= 4 is 28.9 Å². The van der Waals surface area contributed by atoms with Crippen molar-refractivity contribution in [2.75, 3.05) is 11.4 Å². The van der Waals surface area contributed by atoms with E-state index in [0.717, 1.165) is 24.6 Å². The number of benzene rings is 2. The van der Waals surface area contributed by atoms with Crippen molar-refractivity contribution in [2.24, 2.45) is 0 Å². The summed E-state index contributed by atoms with van der Waals surface area (Å²) >= 11 is 11.8. The summed E-state index contributed by atoms with van der Waals surface area (Å²) in [7, 11) is 0. The van der Waals surface area contributed by atoms with Gasteiger partial charge in [-0.2, -0.15) is 13.2 Å². The summed E-state index contributed by atoms with van der Waals surface area (Å²) in [4.78, 5) is 2.02. The van der Waals surface area contributed by atoms with Crippen LogP contribution in [0.3, 0.4) is 0 Å². The summed E-state index contributed by atoms with van der Waals surface area (Å²) in [6.45, 7) is 1.35. The van der Waals surface area contributed by atoms with Crippen molar-refractivity contribution in [3.05, 3.63) is 63.1 Å². The van der Waals surface area contributed by atoms with Crippen molar-refractivity contribution in [1.29, 1.82) is 0 Å². The van der Waals surface area contributed by atoms with Gasteiger partial charge in [-0.1, -0.05) is 29.3 Å². The number of hydrogen-bond acceptors (Lipinski definition) is 1. The van der Waals surface area contributed by atoms with E-state index in [-0.39, 0.29) is 5.02 Å². The van der Waals surface area contributed by atoms with Gasteiger partial charge >= 0.3 is 6.18 Å². The molecule has 1 heterocycles. The third-order valence-electron chi connectivity index (χ3n) is 3.80. The molecule has 0 aromatic heterocycles. The van der Waals surface area contributed by atoms with Crippen LogP contribution in [0.2, 0.25) is 10.0 Å². The summed E-state index contributed by atoms with van der Waals surface area (Å²) in [5, 5.41) is 0.427. The molecule has 0 spiro atoms. The van der Waals surface area contributed by atoms with Crippen molar-refractivity contribution in [3.63, 3.8) is 0 Å². The first-order valence-corrected chi connectivity index (χ1v) is 7.49. The van der Waals surface area contributed by atoms with Crippen molar-refractivity contribution in [1.82, 2.24) is 0 Å². The van der Waals surface area contributed by atoms with Crippen LogP contribution in [0.15, 0.2) is 36.4 Å². The number of halogens is 5. The molecule has 0 saturated carbocycles. The molecule has 1 aliphatic heterocycles. The van der Waals surface area contributed by atoms with Gasteiger partial charge in [-0.15, -0.1) is 0 Å². The Hall–Kier alpha value is -1.39. The maximum atomic E-state index is 12.7. The Bertz CT molecular complexity index is 713. The fourth-order valence-corrected chi connectivity index (χ4v) is 3.15. The quantitative estimate of drug-likeness (QED) is 0.652. The lowest BCUT2D eigenvalue weighted by Gasteiger charge is -2.31. The van der Waals surface area contributed by atoms with Crippen molar-refractivity contribution in [3.8, 4) is 0 Å². The van der Waals surface area contributed by atoms with Crippen LogP contribution >= 0.6 is 23.2 Å². The molecule has 0 unspecified atom stereocenters. The minimum atomic E-state index is -4.43. The van der Waals surface area contributed by atoms with Crippen molar-refractivity contribution < 1.29 is 13.2 Å². The molecular formula is C16H12Cl2F3N. The Kier molecular flexibility index (Phi) is 4.00. The van der Waals surface area contributed by atoms with Gasteiger partial charge in [0.25, 0.3) is 0 Å². The molecule has 0 bridgehead atoms. The molecule has 1 nitrogen and oxygen atoms in total. The van der Waals surface area contributed by atoms with Gasteiger partial charge in [0.05, 0.1) is 10.6 Å². The maximum absolute atomic E-state index is 12.7. The molecule has 3 rings (SSSR count). The number of rotatable bonds is 1. The SMILES string of the molecule is FC(F)(F)c1ccc(N2CCc3cc(Cl)ccc3C2)cc1Cl. The molecule has 0 amide bonds. The Balaban J connectivity index is 1.87. The standard InChI is InChI=1S/C16H12Cl2F3N/c17-12-2-1-11-9-22(6-5-10(11)7-12)13-3-4-14(15(18)8-13)16(19,20)21/h1-4,7-8H,5-6,9H2. The Morgan fingerprint density at radius 1 is 0.955 bits per heavy atom. The largest absolute Gasteiger partial charge is 0.417 e. The van der Waals surface area contributed by atoms with Gasteiger partial charge in [0, 0.05) is 23.8 Å². The fraction of sp³-hybridized carbons (Fsp3) is 0.250. The Morgan fingerprint density at radius 3 is 2.41 bits per heavy atom. The van der Waals surface area contributed by atoms with Crippen molar-refractivity contribution in [2.45, 2.75) is 19.1 Å². The highest BCUT2D eigenvalue weighted by Crippen LogP contribution is 2.37. The van der Waals surface area contributed by atoms with Gasteiger partial charge < -0.3 is 4.90 Å². The maximum Gasteiger partial charge on any atom is 0.417 e. The second kappa shape index (κ2) is 5.67. The molecule has 0 atom stereocenters. The van der Waals surface area contributed by atoms with Crippen LogP contribution in [0.4, 0.5) is 18.9 Å². The lowest BCUT2D eigenvalue weighted by atomic mass is 9.99. The van der Waals surface area contributed by atoms with Crippen LogP contribution in [-0.4, -0.2) is 6.54 Å². The van der Waals surface area contributed by atoms with Gasteiger partial charge in [-0.3, -0.25) is 0 Å². The van der Waals surface area contributed by atoms with E-state index >= 15 is 0 Å². The molecule has 0 saturated heterocycles. The molecule has 0 fully saturated rings. The molecule has 0 N–H and O–H groups in total. The van der Waals surface area contributed by atoms with E-state index in [9.17, 15) is 13.2 Å². The third-order valence-corrected chi connectivity index (χ3v) is 4.35. The van der Waals surface area contributed by atoms with Crippen LogP contribution in [0.5, 0.6) is 0 Å². The van der Waals surface area contributed by atoms with E-state index in [2.05, 4.69) is 0 Å². The normalized spacial score (nSPS) is 14.9. The molecule has 2 aromatic rings. The average Bonchev–Trinajstić information content (AvgIpc) is 2.45. The molecule has 22 heavy (non-hydrogen) atoms. The van der Waals surface area contributed by atoms with Gasteiger partial charge in [-0.05, 0) is 47.9 Å². The summed E-state index contributed by atoms with van der Waals surface area (Å²) in [6.07, 6.45) is -3.63. The molecule has 116 valence electrons. The zero-order chi connectivity index (χ0) is 15.9. The molecule has 6 heteroatoms. The first-order chi connectivity index (χ1) is 10.3. The highest BCUT2D eigenvalue weighted by molar-refractivity contribution is 6.31. The highest BCUT2D eigenvalue weighted by atomic mass is 35.5. The van der Waals surface area contributed by atoms with E-state index < -0.39 is 11.7 Å². The number of alkyl halides is 3. The lowest BCUT2D eigenvalue weighted by Crippen LogP contribution is -2.30. The van der Waals surface area contributed by atoms with E-state index in [1.807, 2.05) is 23.1 Å². The second-order valence-electron chi connectivity index (χ2n) is 5.25. The van der Waals surface area contributed by atoms with E-state index in [1.165, 1.54) is 17.7 Å². The first kappa shape index (κ1) is 15.5. The number of nitrogens with zero attached hydrogens (tertiary/aromatic N) is 1. The summed E-state index contributed by atoms with van der Waals surface area (Å²) < 4.78 is 38.2. The van der Waals surface area contributed by atoms with Gasteiger partial charge in [-0.25, -0.2) is 0 Å². The zero-order valence-electron chi connectivity index (χ0n) is 11.4. The Labute approximate surface area is 136 Å². The van der Waals surface area contributed by atoms with Crippen LogP contribution in [0.1, 0.15) is 16.7 Å². The molecular weight excluding hydrogens is 334 g/mol. The van der Waals surface area contributed by atoms with E-state index in [1.54, 1.807) is 0 Å². The highest BCUT2D eigenvalue weighted by Gasteiger charge is 2.33. The van der Waals surface area contributed by atoms with E-state index in [0.29, 0.717) is 17.3 Å². The van der Waals surface area contributed by atoms with Gasteiger partial charge in [0.2, 0.25) is 0 Å². The summed E-state index contributed by atoms with van der Waals surface area (Å²) in [5.74, 6) is 0. The minimum absolute atomic E-state index is 0.271. The van der Waals surface area contributed by atoms with Crippen LogP contribution < -0.4 is 4.90 Å². The van der Waals surface area contributed by atoms with Gasteiger partial charge in [0.15, 0.2) is 0 Å².